The van der Waals surface area contributed by atoms with Crippen molar-refractivity contribution in [3.05, 3.63) is 46.4 Å². The molecule has 3 aromatic rings. The number of fused-ring (bicyclic) bond motifs is 1. The topological polar surface area (TPSA) is 103 Å². The molecule has 2 heterocycles. The Morgan fingerprint density at radius 3 is 2.55 bits per heavy atom. The van der Waals surface area contributed by atoms with Gasteiger partial charge in [-0.2, -0.15) is 9.55 Å². The summed E-state index contributed by atoms with van der Waals surface area (Å²) in [5.41, 5.74) is -0.190. The average Bonchev–Trinajstić information content (AvgIpc) is 2.70. The maximum absolute atomic E-state index is 12.2. The molecule has 0 amide bonds. The van der Waals surface area contributed by atoms with Gasteiger partial charge in [-0.25, -0.2) is 24.1 Å². The van der Waals surface area contributed by atoms with Gasteiger partial charge in [0.15, 0.2) is 0 Å². The Bertz CT molecular complexity index is 885. The zero-order valence-electron chi connectivity index (χ0n) is 9.76. The highest BCUT2D eigenvalue weighted by Crippen LogP contribution is 2.15. The molecular formula is C11H6ClN5O3. The Kier molecular flexibility index (Phi) is 2.72. The second kappa shape index (κ2) is 4.42. The van der Waals surface area contributed by atoms with Crippen molar-refractivity contribution in [2.45, 2.75) is 0 Å². The first-order chi connectivity index (χ1) is 9.59. The summed E-state index contributed by atoms with van der Waals surface area (Å²) >= 11 is 5.67. The molecule has 0 spiro atoms. The van der Waals surface area contributed by atoms with Crippen molar-refractivity contribution >= 4 is 28.7 Å². The summed E-state index contributed by atoms with van der Waals surface area (Å²) < 4.78 is 1.68. The molecule has 0 bridgehead atoms. The average molecular weight is 292 g/mol. The van der Waals surface area contributed by atoms with Gasteiger partial charge < -0.3 is 5.11 Å². The third-order valence-electron chi connectivity index (χ3n) is 2.67. The van der Waals surface area contributed by atoms with Gasteiger partial charge in [-0.1, -0.05) is 12.1 Å². The van der Waals surface area contributed by atoms with Gasteiger partial charge in [0.05, 0.1) is 11.0 Å². The van der Waals surface area contributed by atoms with E-state index in [0.717, 1.165) is 10.9 Å². The molecule has 1 aromatic carbocycles. The number of aromatic nitrogens is 5. The molecule has 0 unspecified atom stereocenters. The highest BCUT2D eigenvalue weighted by Gasteiger charge is 2.19. The molecule has 0 aliphatic carbocycles. The van der Waals surface area contributed by atoms with Crippen molar-refractivity contribution in [3.8, 4) is 5.95 Å². The maximum Gasteiger partial charge on any atom is 0.420 e. The number of nitrogens with zero attached hydrogens (tertiary/aromatic N) is 5. The second-order valence-electron chi connectivity index (χ2n) is 3.78. The van der Waals surface area contributed by atoms with Gasteiger partial charge in [-0.3, -0.25) is 0 Å². The number of benzene rings is 1. The summed E-state index contributed by atoms with van der Waals surface area (Å²) in [5, 5.41) is 9.06. The number of imidazole rings is 1. The van der Waals surface area contributed by atoms with Crippen LogP contribution in [0.5, 0.6) is 0 Å². The van der Waals surface area contributed by atoms with Crippen LogP contribution in [-0.2, 0) is 0 Å². The lowest BCUT2D eigenvalue weighted by Crippen LogP contribution is -2.28. The van der Waals surface area contributed by atoms with Crippen LogP contribution < -0.4 is 5.69 Å². The minimum atomic E-state index is -1.38. The fraction of sp³-hybridized carbons (Fsp3) is 0. The molecule has 1 N–H and O–H groups in total. The minimum absolute atomic E-state index is 0.0359. The van der Waals surface area contributed by atoms with E-state index in [0.29, 0.717) is 10.1 Å². The Labute approximate surface area is 115 Å². The SMILES string of the molecule is O=C(O)n1c(=O)n(-c2ncnc(Cl)n2)c2ccccc21. The van der Waals surface area contributed by atoms with Crippen molar-refractivity contribution in [1.82, 2.24) is 24.1 Å². The zero-order chi connectivity index (χ0) is 14.3. The Morgan fingerprint density at radius 2 is 1.90 bits per heavy atom. The normalized spacial score (nSPS) is 10.8. The van der Waals surface area contributed by atoms with E-state index in [2.05, 4.69) is 15.0 Å². The predicted octanol–water partition coefficient (Wildman–Crippen LogP) is 1.16. The van der Waals surface area contributed by atoms with Gasteiger partial charge in [0.1, 0.15) is 6.33 Å². The predicted molar refractivity (Wildman–Crippen MR) is 69.4 cm³/mol. The number of carbonyl (C=O) groups is 1. The Morgan fingerprint density at radius 1 is 1.20 bits per heavy atom. The molecule has 2 aromatic heterocycles. The molecule has 0 fully saturated rings. The molecule has 0 radical (unpaired) electrons. The first kappa shape index (κ1) is 12.3. The van der Waals surface area contributed by atoms with E-state index in [1.165, 1.54) is 6.07 Å². The number of hydrogen-bond donors (Lipinski definition) is 1. The van der Waals surface area contributed by atoms with Gasteiger partial charge in [0.25, 0.3) is 0 Å². The molecule has 0 aliphatic heterocycles. The summed E-state index contributed by atoms with van der Waals surface area (Å²) in [6.45, 7) is 0. The van der Waals surface area contributed by atoms with Crippen LogP contribution in [0.25, 0.3) is 17.0 Å². The largest absolute Gasteiger partial charge is 0.464 e. The summed E-state index contributed by atoms with van der Waals surface area (Å²) in [7, 11) is 0. The molecule has 100 valence electrons. The van der Waals surface area contributed by atoms with E-state index in [1.807, 2.05) is 0 Å². The van der Waals surface area contributed by atoms with Gasteiger partial charge in [-0.05, 0) is 23.7 Å². The van der Waals surface area contributed by atoms with Crippen molar-refractivity contribution in [3.63, 3.8) is 0 Å². The summed E-state index contributed by atoms with van der Waals surface area (Å²) in [6, 6.07) is 6.41. The van der Waals surface area contributed by atoms with E-state index in [9.17, 15) is 9.59 Å². The van der Waals surface area contributed by atoms with E-state index in [4.69, 9.17) is 16.7 Å². The quantitative estimate of drug-likeness (QED) is 0.721. The van der Waals surface area contributed by atoms with Crippen LogP contribution in [0.15, 0.2) is 35.4 Å². The molecule has 0 aliphatic rings. The highest BCUT2D eigenvalue weighted by molar-refractivity contribution is 6.28. The van der Waals surface area contributed by atoms with Crippen LogP contribution in [0.3, 0.4) is 0 Å². The minimum Gasteiger partial charge on any atom is -0.464 e. The van der Waals surface area contributed by atoms with Crippen LogP contribution in [0, 0.1) is 0 Å². The number of hydrogen-bond acceptors (Lipinski definition) is 5. The number of halogens is 1. The third kappa shape index (κ3) is 1.74. The number of para-hydroxylation sites is 2. The van der Waals surface area contributed by atoms with Gasteiger partial charge in [-0.15, -0.1) is 0 Å². The van der Waals surface area contributed by atoms with Crippen LogP contribution in [-0.4, -0.2) is 35.3 Å². The summed E-state index contributed by atoms with van der Waals surface area (Å²) in [4.78, 5) is 34.8. The van der Waals surface area contributed by atoms with Crippen molar-refractivity contribution in [1.29, 1.82) is 0 Å². The molecule has 20 heavy (non-hydrogen) atoms. The molecule has 0 atom stereocenters. The number of rotatable bonds is 1. The Balaban J connectivity index is 2.45. The lowest BCUT2D eigenvalue weighted by atomic mass is 10.3. The van der Waals surface area contributed by atoms with Gasteiger partial charge >= 0.3 is 11.8 Å². The fourth-order valence-corrected chi connectivity index (χ4v) is 2.02. The van der Waals surface area contributed by atoms with E-state index in [1.54, 1.807) is 18.2 Å². The maximum atomic E-state index is 12.2. The second-order valence-corrected chi connectivity index (χ2v) is 4.12. The third-order valence-corrected chi connectivity index (χ3v) is 2.85. The monoisotopic (exact) mass is 291 g/mol. The molecule has 0 saturated heterocycles. The standard InChI is InChI=1S/C11H6ClN5O3/c12-8-13-5-14-9(15-8)16-6-3-1-2-4-7(6)17(10(16)18)11(19)20/h1-5H,(H,19,20). The van der Waals surface area contributed by atoms with E-state index in [-0.39, 0.29) is 16.7 Å². The van der Waals surface area contributed by atoms with Crippen molar-refractivity contribution in [2.75, 3.05) is 0 Å². The van der Waals surface area contributed by atoms with Crippen molar-refractivity contribution in [2.24, 2.45) is 0 Å². The van der Waals surface area contributed by atoms with Gasteiger partial charge in [0, 0.05) is 0 Å². The fourth-order valence-electron chi connectivity index (χ4n) is 1.90. The molecular weight excluding hydrogens is 286 g/mol. The van der Waals surface area contributed by atoms with Gasteiger partial charge in [0.2, 0.25) is 11.2 Å². The van der Waals surface area contributed by atoms with Crippen molar-refractivity contribution < 1.29 is 9.90 Å². The van der Waals surface area contributed by atoms with E-state index < -0.39 is 11.8 Å². The first-order valence-corrected chi connectivity index (χ1v) is 5.78. The first-order valence-electron chi connectivity index (χ1n) is 5.40. The smallest absolute Gasteiger partial charge is 0.420 e. The summed E-state index contributed by atoms with van der Waals surface area (Å²) in [5.74, 6) is -0.0359. The number of carboxylic acid groups (broad SMARTS) is 1. The van der Waals surface area contributed by atoms with Crippen LogP contribution in [0.4, 0.5) is 4.79 Å². The lowest BCUT2D eigenvalue weighted by Gasteiger charge is -1.99. The van der Waals surface area contributed by atoms with Crippen LogP contribution in [0.2, 0.25) is 5.28 Å². The lowest BCUT2D eigenvalue weighted by molar-refractivity contribution is 0.196. The molecule has 0 saturated carbocycles. The Hall–Kier alpha value is -2.74. The zero-order valence-corrected chi connectivity index (χ0v) is 10.5. The van der Waals surface area contributed by atoms with Crippen LogP contribution in [0.1, 0.15) is 0 Å². The van der Waals surface area contributed by atoms with E-state index >= 15 is 0 Å². The summed E-state index contributed by atoms with van der Waals surface area (Å²) in [6.07, 6.45) is -0.241. The highest BCUT2D eigenvalue weighted by atomic mass is 35.5. The molecule has 8 nitrogen and oxygen atoms in total. The molecule has 3 rings (SSSR count). The molecule has 9 heteroatoms. The van der Waals surface area contributed by atoms with Crippen LogP contribution >= 0.6 is 11.6 Å².